The quantitative estimate of drug-likeness (QED) is 0.909. The van der Waals surface area contributed by atoms with Crippen molar-refractivity contribution in [3.05, 3.63) is 18.0 Å². The van der Waals surface area contributed by atoms with Crippen molar-refractivity contribution in [1.82, 2.24) is 9.78 Å². The van der Waals surface area contributed by atoms with Crippen LogP contribution in [0, 0.1) is 17.3 Å². The van der Waals surface area contributed by atoms with E-state index in [1.807, 2.05) is 19.4 Å². The van der Waals surface area contributed by atoms with Crippen molar-refractivity contribution in [2.45, 2.75) is 46.0 Å². The van der Waals surface area contributed by atoms with Crippen LogP contribution in [0.4, 0.5) is 0 Å². The first-order chi connectivity index (χ1) is 8.87. The molecule has 2 atom stereocenters. The van der Waals surface area contributed by atoms with Gasteiger partial charge in [-0.1, -0.05) is 13.8 Å². The predicted molar refractivity (Wildman–Crippen MR) is 73.8 cm³/mol. The van der Waals surface area contributed by atoms with Gasteiger partial charge in [0.1, 0.15) is 0 Å². The summed E-state index contributed by atoms with van der Waals surface area (Å²) < 4.78 is 1.80. The third kappa shape index (κ3) is 3.58. The fourth-order valence-corrected chi connectivity index (χ4v) is 3.32. The average Bonchev–Trinajstić information content (AvgIpc) is 2.71. The Morgan fingerprint density at radius 3 is 2.89 bits per heavy atom. The number of carboxylic acids is 1. The van der Waals surface area contributed by atoms with Crippen molar-refractivity contribution >= 4 is 5.97 Å². The number of hydrogen-bond acceptors (Lipinski definition) is 2. The first kappa shape index (κ1) is 14.1. The van der Waals surface area contributed by atoms with Crippen LogP contribution in [0.1, 0.15) is 45.1 Å². The van der Waals surface area contributed by atoms with Gasteiger partial charge in [-0.15, -0.1) is 0 Å². The van der Waals surface area contributed by atoms with E-state index in [1.165, 1.54) is 5.56 Å². The van der Waals surface area contributed by atoms with Gasteiger partial charge in [-0.25, -0.2) is 0 Å². The molecule has 0 aromatic carbocycles. The van der Waals surface area contributed by atoms with E-state index >= 15 is 0 Å². The van der Waals surface area contributed by atoms with Crippen LogP contribution in [-0.4, -0.2) is 20.9 Å². The Kier molecular flexibility index (Phi) is 3.97. The molecular weight excluding hydrogens is 240 g/mol. The fourth-order valence-electron chi connectivity index (χ4n) is 3.32. The Morgan fingerprint density at radius 1 is 1.58 bits per heavy atom. The highest BCUT2D eigenvalue weighted by Gasteiger charge is 2.38. The first-order valence-electron chi connectivity index (χ1n) is 7.08. The minimum atomic E-state index is -0.619. The Hall–Kier alpha value is -1.32. The second-order valence-corrected chi connectivity index (χ2v) is 6.67. The third-order valence-corrected chi connectivity index (χ3v) is 4.40. The molecule has 1 aliphatic carbocycles. The smallest absolute Gasteiger partial charge is 0.306 e. The molecule has 0 saturated heterocycles. The average molecular weight is 264 g/mol. The molecule has 0 spiro atoms. The maximum atomic E-state index is 11.4. The van der Waals surface area contributed by atoms with Crippen LogP contribution < -0.4 is 0 Å². The molecule has 4 nitrogen and oxygen atoms in total. The van der Waals surface area contributed by atoms with Crippen molar-refractivity contribution in [2.24, 2.45) is 24.3 Å². The molecule has 1 saturated carbocycles. The molecule has 1 aromatic heterocycles. The maximum absolute atomic E-state index is 11.4. The largest absolute Gasteiger partial charge is 0.481 e. The predicted octanol–water partition coefficient (Wildman–Crippen LogP) is 2.88. The summed E-state index contributed by atoms with van der Waals surface area (Å²) in [4.78, 5) is 11.4. The highest BCUT2D eigenvalue weighted by molar-refractivity contribution is 5.70. The van der Waals surface area contributed by atoms with Crippen LogP contribution in [0.5, 0.6) is 0 Å². The highest BCUT2D eigenvalue weighted by atomic mass is 16.4. The summed E-state index contributed by atoms with van der Waals surface area (Å²) >= 11 is 0. The Balaban J connectivity index is 1.99. The Labute approximate surface area is 114 Å². The maximum Gasteiger partial charge on any atom is 0.306 e. The van der Waals surface area contributed by atoms with Crippen LogP contribution in [0.2, 0.25) is 0 Å². The monoisotopic (exact) mass is 264 g/mol. The zero-order valence-corrected chi connectivity index (χ0v) is 12.1. The summed E-state index contributed by atoms with van der Waals surface area (Å²) in [6.07, 6.45) is 8.63. The SMILES string of the molecule is Cn1cc(CCC2CC(C)(C)CCC2C(=O)O)cn1. The number of carbonyl (C=O) groups is 1. The summed E-state index contributed by atoms with van der Waals surface area (Å²) in [7, 11) is 1.91. The van der Waals surface area contributed by atoms with Gasteiger partial charge in [0.25, 0.3) is 0 Å². The standard InChI is InChI=1S/C15H24N2O2/c1-15(2)7-6-13(14(18)19)12(8-15)5-4-11-9-16-17(3)10-11/h9-10,12-13H,4-8H2,1-3H3,(H,18,19). The molecule has 0 radical (unpaired) electrons. The van der Waals surface area contributed by atoms with E-state index in [2.05, 4.69) is 18.9 Å². The van der Waals surface area contributed by atoms with Crippen molar-refractivity contribution in [2.75, 3.05) is 0 Å². The van der Waals surface area contributed by atoms with Crippen LogP contribution in [0.25, 0.3) is 0 Å². The zero-order chi connectivity index (χ0) is 14.0. The van der Waals surface area contributed by atoms with E-state index in [9.17, 15) is 9.90 Å². The Morgan fingerprint density at radius 2 is 2.32 bits per heavy atom. The van der Waals surface area contributed by atoms with Crippen molar-refractivity contribution in [3.63, 3.8) is 0 Å². The second kappa shape index (κ2) is 5.35. The number of aryl methyl sites for hydroxylation is 2. The zero-order valence-electron chi connectivity index (χ0n) is 12.1. The number of aromatic nitrogens is 2. The van der Waals surface area contributed by atoms with E-state index in [-0.39, 0.29) is 11.3 Å². The van der Waals surface area contributed by atoms with Crippen molar-refractivity contribution in [1.29, 1.82) is 0 Å². The lowest BCUT2D eigenvalue weighted by molar-refractivity contribution is -0.146. The summed E-state index contributed by atoms with van der Waals surface area (Å²) in [6.45, 7) is 4.50. The van der Waals surface area contributed by atoms with Crippen LogP contribution >= 0.6 is 0 Å². The molecule has 0 aliphatic heterocycles. The molecule has 2 unspecified atom stereocenters. The van der Waals surface area contributed by atoms with Gasteiger partial charge in [0.15, 0.2) is 0 Å². The number of hydrogen-bond donors (Lipinski definition) is 1. The molecule has 1 aromatic rings. The van der Waals surface area contributed by atoms with Gasteiger partial charge < -0.3 is 5.11 Å². The van der Waals surface area contributed by atoms with E-state index in [4.69, 9.17) is 0 Å². The number of carboxylic acid groups (broad SMARTS) is 1. The molecule has 1 aliphatic rings. The minimum absolute atomic E-state index is 0.162. The number of aliphatic carboxylic acids is 1. The molecule has 1 heterocycles. The van der Waals surface area contributed by atoms with Gasteiger partial charge in [-0.05, 0) is 49.0 Å². The summed E-state index contributed by atoms with van der Waals surface area (Å²) in [5.41, 5.74) is 1.49. The third-order valence-electron chi connectivity index (χ3n) is 4.40. The van der Waals surface area contributed by atoms with Crippen LogP contribution in [0.3, 0.4) is 0 Å². The molecular formula is C15H24N2O2. The van der Waals surface area contributed by atoms with Gasteiger partial charge in [0.2, 0.25) is 0 Å². The summed E-state index contributed by atoms with van der Waals surface area (Å²) in [6, 6.07) is 0. The lowest BCUT2D eigenvalue weighted by atomic mass is 9.66. The second-order valence-electron chi connectivity index (χ2n) is 6.67. The molecule has 19 heavy (non-hydrogen) atoms. The molecule has 0 bridgehead atoms. The molecule has 106 valence electrons. The van der Waals surface area contributed by atoms with Crippen molar-refractivity contribution < 1.29 is 9.90 Å². The number of rotatable bonds is 4. The molecule has 0 amide bonds. The molecule has 1 N–H and O–H groups in total. The lowest BCUT2D eigenvalue weighted by Gasteiger charge is -2.39. The summed E-state index contributed by atoms with van der Waals surface area (Å²) in [5.74, 6) is -0.488. The molecule has 4 heteroatoms. The van der Waals surface area contributed by atoms with Gasteiger partial charge in [-0.2, -0.15) is 5.10 Å². The molecule has 2 rings (SSSR count). The van der Waals surface area contributed by atoms with Gasteiger partial charge in [-0.3, -0.25) is 9.48 Å². The first-order valence-corrected chi connectivity index (χ1v) is 7.08. The van der Waals surface area contributed by atoms with Crippen LogP contribution in [0.15, 0.2) is 12.4 Å². The highest BCUT2D eigenvalue weighted by Crippen LogP contribution is 2.43. The minimum Gasteiger partial charge on any atom is -0.481 e. The van der Waals surface area contributed by atoms with E-state index in [0.717, 1.165) is 32.1 Å². The van der Waals surface area contributed by atoms with E-state index < -0.39 is 5.97 Å². The van der Waals surface area contributed by atoms with Gasteiger partial charge in [0.05, 0.1) is 12.1 Å². The Bertz CT molecular complexity index is 451. The van der Waals surface area contributed by atoms with Gasteiger partial charge >= 0.3 is 5.97 Å². The van der Waals surface area contributed by atoms with Crippen molar-refractivity contribution in [3.8, 4) is 0 Å². The normalized spacial score (nSPS) is 26.3. The molecule has 1 fully saturated rings. The van der Waals surface area contributed by atoms with E-state index in [0.29, 0.717) is 5.92 Å². The fraction of sp³-hybridized carbons (Fsp3) is 0.733. The van der Waals surface area contributed by atoms with Crippen LogP contribution in [-0.2, 0) is 18.3 Å². The lowest BCUT2D eigenvalue weighted by Crippen LogP contribution is -2.34. The van der Waals surface area contributed by atoms with Gasteiger partial charge in [0, 0.05) is 13.2 Å². The number of nitrogens with zero attached hydrogens (tertiary/aromatic N) is 2. The topological polar surface area (TPSA) is 55.1 Å². The van der Waals surface area contributed by atoms with E-state index in [1.54, 1.807) is 4.68 Å². The summed E-state index contributed by atoms with van der Waals surface area (Å²) in [5, 5.41) is 13.5.